The van der Waals surface area contributed by atoms with Gasteiger partial charge in [0.2, 0.25) is 0 Å². The van der Waals surface area contributed by atoms with Gasteiger partial charge in [0.15, 0.2) is 0 Å². The lowest BCUT2D eigenvalue weighted by Crippen LogP contribution is -2.37. The molecular weight excluding hydrogens is 144 g/mol. The van der Waals surface area contributed by atoms with Crippen LogP contribution in [0.3, 0.4) is 0 Å². The van der Waals surface area contributed by atoms with Gasteiger partial charge in [0.05, 0.1) is 0 Å². The van der Waals surface area contributed by atoms with E-state index in [2.05, 4.69) is 9.75 Å². The van der Waals surface area contributed by atoms with Gasteiger partial charge in [0.1, 0.15) is 0 Å². The lowest BCUT2D eigenvalue weighted by atomic mass is 9.77. The lowest BCUT2D eigenvalue weighted by molar-refractivity contribution is 0.347. The first kappa shape index (κ1) is 6.31. The molecule has 0 amide bonds. The van der Waals surface area contributed by atoms with Gasteiger partial charge in [-0.3, -0.25) is 0 Å². The summed E-state index contributed by atoms with van der Waals surface area (Å²) in [5.74, 6) is 0.610. The van der Waals surface area contributed by atoms with Crippen LogP contribution >= 0.6 is 11.5 Å². The predicted octanol–water partition coefficient (Wildman–Crippen LogP) is 1.35. The minimum Gasteiger partial charge on any atom is -0.327 e. The van der Waals surface area contributed by atoms with Crippen molar-refractivity contribution < 1.29 is 0 Å². The van der Waals surface area contributed by atoms with Gasteiger partial charge in [-0.15, -0.1) is 0 Å². The molecule has 54 valence electrons. The Labute approximate surface area is 64.2 Å². The first-order valence-corrected chi connectivity index (χ1v) is 4.36. The molecule has 2 rings (SSSR count). The second kappa shape index (κ2) is 2.32. The second-order valence-corrected chi connectivity index (χ2v) is 3.46. The van der Waals surface area contributed by atoms with E-state index in [1.807, 2.05) is 6.20 Å². The number of nitrogens with two attached hydrogens (primary N) is 1. The van der Waals surface area contributed by atoms with Crippen molar-refractivity contribution in [2.45, 2.75) is 24.8 Å². The van der Waals surface area contributed by atoms with Crippen LogP contribution < -0.4 is 5.73 Å². The van der Waals surface area contributed by atoms with E-state index >= 15 is 0 Å². The maximum atomic E-state index is 5.79. The third kappa shape index (κ3) is 0.859. The van der Waals surface area contributed by atoms with Crippen LogP contribution in [-0.4, -0.2) is 10.4 Å². The topological polar surface area (TPSA) is 38.9 Å². The summed E-state index contributed by atoms with van der Waals surface area (Å²) < 4.78 is 4.05. The van der Waals surface area contributed by atoms with Crippen LogP contribution in [0.4, 0.5) is 0 Å². The zero-order valence-corrected chi connectivity index (χ0v) is 6.47. The zero-order valence-electron chi connectivity index (χ0n) is 5.66. The third-order valence-corrected chi connectivity index (χ3v) is 2.81. The zero-order chi connectivity index (χ0) is 6.97. The van der Waals surface area contributed by atoms with Crippen LogP contribution in [0.15, 0.2) is 11.6 Å². The van der Waals surface area contributed by atoms with E-state index in [0.29, 0.717) is 12.0 Å². The van der Waals surface area contributed by atoms with E-state index in [0.717, 1.165) is 0 Å². The van der Waals surface area contributed by atoms with Gasteiger partial charge in [-0.05, 0) is 29.9 Å². The monoisotopic (exact) mass is 154 g/mol. The quantitative estimate of drug-likeness (QED) is 0.663. The molecule has 0 saturated heterocycles. The molecule has 2 nitrogen and oxygen atoms in total. The van der Waals surface area contributed by atoms with Crippen molar-refractivity contribution >= 4 is 11.5 Å². The fraction of sp³-hybridized carbons (Fsp3) is 0.571. The molecule has 2 unspecified atom stereocenters. The molecule has 0 spiro atoms. The van der Waals surface area contributed by atoms with Crippen LogP contribution in [0.25, 0.3) is 0 Å². The van der Waals surface area contributed by atoms with Crippen LogP contribution in [-0.2, 0) is 0 Å². The molecule has 1 aliphatic carbocycles. The van der Waals surface area contributed by atoms with Gasteiger partial charge in [-0.1, -0.05) is 0 Å². The van der Waals surface area contributed by atoms with Crippen molar-refractivity contribution in [3.05, 3.63) is 17.1 Å². The molecule has 2 N–H and O–H groups in total. The first-order chi connectivity index (χ1) is 4.88. The highest BCUT2D eigenvalue weighted by Crippen LogP contribution is 2.35. The average Bonchev–Trinajstić information content (AvgIpc) is 2.37. The maximum Gasteiger partial charge on any atom is 0.0442 e. The average molecular weight is 154 g/mol. The number of aromatic nitrogens is 1. The summed E-state index contributed by atoms with van der Waals surface area (Å²) in [5, 5.41) is 2.10. The molecule has 1 saturated carbocycles. The molecule has 1 fully saturated rings. The Balaban J connectivity index is 2.14. The highest BCUT2D eigenvalue weighted by atomic mass is 32.1. The standard InChI is InChI=1S/C7H10N2S/c8-7-2-1-6(7)5-3-9-10-4-5/h3-4,6-7H,1-2,8H2. The molecule has 0 aliphatic heterocycles. The van der Waals surface area contributed by atoms with Gasteiger partial charge in [-0.25, -0.2) is 4.37 Å². The summed E-state index contributed by atoms with van der Waals surface area (Å²) in [6.45, 7) is 0. The fourth-order valence-electron chi connectivity index (χ4n) is 1.34. The van der Waals surface area contributed by atoms with Gasteiger partial charge in [0.25, 0.3) is 0 Å². The van der Waals surface area contributed by atoms with Crippen molar-refractivity contribution in [2.75, 3.05) is 0 Å². The fourth-order valence-corrected chi connectivity index (χ4v) is 1.94. The summed E-state index contributed by atoms with van der Waals surface area (Å²) in [6.07, 6.45) is 4.37. The van der Waals surface area contributed by atoms with Gasteiger partial charge >= 0.3 is 0 Å². The Hall–Kier alpha value is -0.410. The number of hydrogen-bond donors (Lipinski definition) is 1. The Morgan fingerprint density at radius 3 is 2.90 bits per heavy atom. The SMILES string of the molecule is NC1CCC1c1cnsc1. The van der Waals surface area contributed by atoms with Crippen molar-refractivity contribution in [3.8, 4) is 0 Å². The Morgan fingerprint density at radius 2 is 2.50 bits per heavy atom. The van der Waals surface area contributed by atoms with E-state index in [1.165, 1.54) is 29.9 Å². The molecule has 2 atom stereocenters. The largest absolute Gasteiger partial charge is 0.327 e. The summed E-state index contributed by atoms with van der Waals surface area (Å²) in [6, 6.07) is 0.399. The Bertz CT molecular complexity index is 207. The van der Waals surface area contributed by atoms with E-state index < -0.39 is 0 Å². The van der Waals surface area contributed by atoms with Crippen LogP contribution in [0.5, 0.6) is 0 Å². The minimum atomic E-state index is 0.399. The molecule has 1 aromatic heterocycles. The molecular formula is C7H10N2S. The predicted molar refractivity (Wildman–Crippen MR) is 42.1 cm³/mol. The number of nitrogens with zero attached hydrogens (tertiary/aromatic N) is 1. The van der Waals surface area contributed by atoms with Crippen molar-refractivity contribution in [1.82, 2.24) is 4.37 Å². The summed E-state index contributed by atoms with van der Waals surface area (Å²) >= 11 is 1.51. The van der Waals surface area contributed by atoms with Crippen LogP contribution in [0, 0.1) is 0 Å². The first-order valence-electron chi connectivity index (χ1n) is 3.53. The highest BCUT2D eigenvalue weighted by molar-refractivity contribution is 7.03. The summed E-state index contributed by atoms with van der Waals surface area (Å²) in [7, 11) is 0. The van der Waals surface area contributed by atoms with Crippen molar-refractivity contribution in [2.24, 2.45) is 5.73 Å². The van der Waals surface area contributed by atoms with E-state index in [9.17, 15) is 0 Å². The van der Waals surface area contributed by atoms with Crippen molar-refractivity contribution in [3.63, 3.8) is 0 Å². The van der Waals surface area contributed by atoms with Crippen molar-refractivity contribution in [1.29, 1.82) is 0 Å². The third-order valence-electron chi connectivity index (χ3n) is 2.21. The number of rotatable bonds is 1. The van der Waals surface area contributed by atoms with Crippen LogP contribution in [0.1, 0.15) is 24.3 Å². The molecule has 1 heterocycles. The Kier molecular flexibility index (Phi) is 1.47. The second-order valence-electron chi connectivity index (χ2n) is 2.81. The van der Waals surface area contributed by atoms with E-state index in [1.54, 1.807) is 0 Å². The molecule has 1 aromatic rings. The molecule has 0 radical (unpaired) electrons. The molecule has 10 heavy (non-hydrogen) atoms. The molecule has 3 heteroatoms. The van der Waals surface area contributed by atoms with Gasteiger partial charge in [0, 0.05) is 23.5 Å². The molecule has 1 aliphatic rings. The lowest BCUT2D eigenvalue weighted by Gasteiger charge is -2.32. The van der Waals surface area contributed by atoms with E-state index in [4.69, 9.17) is 5.73 Å². The highest BCUT2D eigenvalue weighted by Gasteiger charge is 2.28. The molecule has 0 aromatic carbocycles. The minimum absolute atomic E-state index is 0.399. The Morgan fingerprint density at radius 1 is 1.60 bits per heavy atom. The molecule has 0 bridgehead atoms. The maximum absolute atomic E-state index is 5.79. The number of hydrogen-bond acceptors (Lipinski definition) is 3. The van der Waals surface area contributed by atoms with Gasteiger partial charge < -0.3 is 5.73 Å². The normalized spacial score (nSPS) is 31.7. The van der Waals surface area contributed by atoms with Crippen LogP contribution in [0.2, 0.25) is 0 Å². The summed E-state index contributed by atoms with van der Waals surface area (Å²) in [4.78, 5) is 0. The van der Waals surface area contributed by atoms with Gasteiger partial charge in [-0.2, -0.15) is 0 Å². The summed E-state index contributed by atoms with van der Waals surface area (Å²) in [5.41, 5.74) is 7.13. The van der Waals surface area contributed by atoms with E-state index in [-0.39, 0.29) is 0 Å². The smallest absolute Gasteiger partial charge is 0.0442 e.